The molecular formula is C24H30ClN7. The molecule has 3 aromatic heterocycles. The van der Waals surface area contributed by atoms with Crippen molar-refractivity contribution >= 4 is 29.0 Å². The Balaban J connectivity index is 1.37. The number of nitrogens with two attached hydrogens (primary N) is 1. The van der Waals surface area contributed by atoms with Gasteiger partial charge in [-0.3, -0.25) is 4.40 Å². The fourth-order valence-electron chi connectivity index (χ4n) is 5.71. The second-order valence-corrected chi connectivity index (χ2v) is 10.2. The Morgan fingerprint density at radius 3 is 2.66 bits per heavy atom. The molecule has 0 radical (unpaired) electrons. The number of hydrogen-bond donors (Lipinski definition) is 2. The average molecular weight is 452 g/mol. The highest BCUT2D eigenvalue weighted by Gasteiger charge is 2.43. The van der Waals surface area contributed by atoms with E-state index in [2.05, 4.69) is 26.5 Å². The van der Waals surface area contributed by atoms with Crippen molar-refractivity contribution in [2.75, 3.05) is 23.3 Å². The van der Waals surface area contributed by atoms with Gasteiger partial charge in [-0.25, -0.2) is 15.0 Å². The summed E-state index contributed by atoms with van der Waals surface area (Å²) in [5.41, 5.74) is 10.5. The van der Waals surface area contributed by atoms with E-state index in [1.165, 1.54) is 32.1 Å². The molecule has 8 heteroatoms. The van der Waals surface area contributed by atoms with Crippen molar-refractivity contribution in [3.63, 3.8) is 0 Å². The Morgan fingerprint density at radius 2 is 1.94 bits per heavy atom. The number of hydrogen-bond acceptors (Lipinski definition) is 6. The number of nitrogens with one attached hydrogen (secondary N) is 1. The molecule has 0 amide bonds. The molecule has 3 fully saturated rings. The van der Waals surface area contributed by atoms with E-state index in [0.29, 0.717) is 22.5 Å². The number of aromatic nitrogens is 4. The maximum Gasteiger partial charge on any atom is 0.211 e. The first-order valence-electron chi connectivity index (χ1n) is 11.8. The lowest BCUT2D eigenvalue weighted by Gasteiger charge is -2.42. The third kappa shape index (κ3) is 3.25. The van der Waals surface area contributed by atoms with Crippen LogP contribution in [0.2, 0.25) is 5.02 Å². The van der Waals surface area contributed by atoms with Gasteiger partial charge >= 0.3 is 0 Å². The van der Waals surface area contributed by atoms with Crippen LogP contribution in [0.4, 0.5) is 11.8 Å². The van der Waals surface area contributed by atoms with E-state index < -0.39 is 0 Å². The summed E-state index contributed by atoms with van der Waals surface area (Å²) >= 11 is 6.81. The van der Waals surface area contributed by atoms with Crippen LogP contribution in [0.1, 0.15) is 50.6 Å². The summed E-state index contributed by atoms with van der Waals surface area (Å²) in [6, 6.07) is 2.80. The number of pyridine rings is 1. The van der Waals surface area contributed by atoms with Crippen molar-refractivity contribution < 1.29 is 0 Å². The number of piperidine rings is 1. The molecule has 2 saturated carbocycles. The lowest BCUT2D eigenvalue weighted by atomic mass is 9.74. The van der Waals surface area contributed by atoms with E-state index in [9.17, 15) is 0 Å². The zero-order chi connectivity index (χ0) is 21.9. The molecule has 4 heterocycles. The summed E-state index contributed by atoms with van der Waals surface area (Å²) in [6.07, 6.45) is 14.0. The highest BCUT2D eigenvalue weighted by molar-refractivity contribution is 6.36. The Bertz CT molecular complexity index is 1160. The molecule has 7 nitrogen and oxygen atoms in total. The van der Waals surface area contributed by atoms with Crippen LogP contribution < -0.4 is 16.0 Å². The maximum atomic E-state index is 6.81. The van der Waals surface area contributed by atoms with Gasteiger partial charge in [0.15, 0.2) is 0 Å². The van der Waals surface area contributed by atoms with Crippen molar-refractivity contribution in [1.82, 2.24) is 19.4 Å². The first kappa shape index (κ1) is 20.2. The summed E-state index contributed by atoms with van der Waals surface area (Å²) in [4.78, 5) is 16.6. The molecular weight excluding hydrogens is 422 g/mol. The van der Waals surface area contributed by atoms with Crippen LogP contribution in [0, 0.1) is 12.3 Å². The van der Waals surface area contributed by atoms with Crippen LogP contribution in [-0.2, 0) is 0 Å². The minimum absolute atomic E-state index is 0.328. The predicted octanol–water partition coefficient (Wildman–Crippen LogP) is 4.43. The van der Waals surface area contributed by atoms with Gasteiger partial charge in [0.05, 0.1) is 10.7 Å². The molecule has 1 atom stereocenters. The minimum atomic E-state index is 0.328. The van der Waals surface area contributed by atoms with Gasteiger partial charge in [0.25, 0.3) is 0 Å². The Labute approximate surface area is 193 Å². The lowest BCUT2D eigenvalue weighted by Crippen LogP contribution is -2.47. The maximum absolute atomic E-state index is 6.81. The molecule has 168 valence electrons. The SMILES string of the molecule is Cc1nc(N2CCC3(CCC[C@H]3N)CC2)n2ccnc2c1-c1ccnc(NC2CC2)c1Cl. The first-order chi connectivity index (χ1) is 15.6. The van der Waals surface area contributed by atoms with Gasteiger partial charge in [-0.05, 0) is 56.9 Å². The molecule has 32 heavy (non-hydrogen) atoms. The molecule has 0 unspecified atom stereocenters. The van der Waals surface area contributed by atoms with E-state index in [1.54, 1.807) is 0 Å². The Morgan fingerprint density at radius 1 is 1.12 bits per heavy atom. The third-order valence-corrected chi connectivity index (χ3v) is 8.19. The Hall–Kier alpha value is -2.38. The number of halogens is 1. The smallest absolute Gasteiger partial charge is 0.211 e. The van der Waals surface area contributed by atoms with E-state index >= 15 is 0 Å². The fourth-order valence-corrected chi connectivity index (χ4v) is 5.97. The largest absolute Gasteiger partial charge is 0.366 e. The number of rotatable bonds is 4. The lowest BCUT2D eigenvalue weighted by molar-refractivity contribution is 0.197. The van der Waals surface area contributed by atoms with E-state index in [-0.39, 0.29) is 0 Å². The van der Waals surface area contributed by atoms with Crippen molar-refractivity contribution in [2.24, 2.45) is 11.1 Å². The molecule has 2 aliphatic carbocycles. The quantitative estimate of drug-likeness (QED) is 0.610. The number of nitrogens with zero attached hydrogens (tertiary/aromatic N) is 5. The first-order valence-corrected chi connectivity index (χ1v) is 12.2. The van der Waals surface area contributed by atoms with Crippen molar-refractivity contribution in [3.8, 4) is 11.1 Å². The summed E-state index contributed by atoms with van der Waals surface area (Å²) in [6.45, 7) is 4.02. The second kappa shape index (κ2) is 7.59. The monoisotopic (exact) mass is 451 g/mol. The topological polar surface area (TPSA) is 84.4 Å². The van der Waals surface area contributed by atoms with Gasteiger partial charge < -0.3 is 16.0 Å². The average Bonchev–Trinajstić information content (AvgIpc) is 3.36. The summed E-state index contributed by atoms with van der Waals surface area (Å²) in [5, 5.41) is 4.07. The van der Waals surface area contributed by atoms with Crippen molar-refractivity contribution in [3.05, 3.63) is 35.4 Å². The van der Waals surface area contributed by atoms with Crippen LogP contribution in [0.5, 0.6) is 0 Å². The molecule has 0 bridgehead atoms. The minimum Gasteiger partial charge on any atom is -0.366 e. The van der Waals surface area contributed by atoms with Crippen LogP contribution in [0.3, 0.4) is 0 Å². The Kier molecular flexibility index (Phi) is 4.80. The summed E-state index contributed by atoms with van der Waals surface area (Å²) in [5.74, 6) is 1.70. The van der Waals surface area contributed by atoms with E-state index in [1.807, 2.05) is 24.7 Å². The summed E-state index contributed by atoms with van der Waals surface area (Å²) < 4.78 is 2.11. The van der Waals surface area contributed by atoms with Crippen LogP contribution in [0.15, 0.2) is 24.7 Å². The fraction of sp³-hybridized carbons (Fsp3) is 0.542. The number of aryl methyl sites for hydroxylation is 1. The standard InChI is InChI=1S/C24H30ClN7/c1-15-19(17-6-10-27-21(20(17)25)30-16-4-5-16)22-28-11-14-32(22)23(29-15)31-12-8-24(9-13-31)7-2-3-18(24)26/h6,10-11,14,16,18H,2-5,7-9,12-13,26H2,1H3,(H,27,30)/t18-/m1/s1. The molecule has 1 saturated heterocycles. The molecule has 6 rings (SSSR count). The van der Waals surface area contributed by atoms with Crippen LogP contribution in [-0.4, -0.2) is 44.5 Å². The van der Waals surface area contributed by atoms with Crippen LogP contribution >= 0.6 is 11.6 Å². The third-order valence-electron chi connectivity index (χ3n) is 7.80. The molecule has 1 spiro atoms. The molecule has 3 N–H and O–H groups in total. The van der Waals surface area contributed by atoms with E-state index in [0.717, 1.165) is 60.2 Å². The van der Waals surface area contributed by atoms with E-state index in [4.69, 9.17) is 27.3 Å². The number of imidazole rings is 1. The van der Waals surface area contributed by atoms with Gasteiger partial charge in [-0.1, -0.05) is 18.0 Å². The number of anilines is 2. The normalized spacial score (nSPS) is 22.7. The second-order valence-electron chi connectivity index (χ2n) is 9.78. The molecule has 3 aliphatic rings. The summed E-state index contributed by atoms with van der Waals surface area (Å²) in [7, 11) is 0. The van der Waals surface area contributed by atoms with Crippen molar-refractivity contribution in [1.29, 1.82) is 0 Å². The zero-order valence-corrected chi connectivity index (χ0v) is 19.3. The predicted molar refractivity (Wildman–Crippen MR) is 128 cm³/mol. The van der Waals surface area contributed by atoms with Gasteiger partial charge in [0.2, 0.25) is 5.95 Å². The van der Waals surface area contributed by atoms with Crippen molar-refractivity contribution in [2.45, 2.75) is 64.0 Å². The molecule has 3 aromatic rings. The number of fused-ring (bicyclic) bond motifs is 1. The highest BCUT2D eigenvalue weighted by Crippen LogP contribution is 2.46. The zero-order valence-electron chi connectivity index (χ0n) is 18.5. The van der Waals surface area contributed by atoms with Gasteiger partial charge in [-0.15, -0.1) is 0 Å². The molecule has 1 aliphatic heterocycles. The van der Waals surface area contributed by atoms with Gasteiger partial charge in [0, 0.05) is 54.9 Å². The molecule has 0 aromatic carbocycles. The highest BCUT2D eigenvalue weighted by atomic mass is 35.5. The van der Waals surface area contributed by atoms with Gasteiger partial charge in [-0.2, -0.15) is 0 Å². The van der Waals surface area contributed by atoms with Gasteiger partial charge in [0.1, 0.15) is 11.5 Å². The van der Waals surface area contributed by atoms with Crippen LogP contribution in [0.25, 0.3) is 16.8 Å².